The SMILES string of the molecule is CCN(C(=O)c1cc(C2CC2)nc2ccc(OC)cc12)[C@@H](C)CS(=O)(=O)CC. The van der Waals surface area contributed by atoms with Gasteiger partial charge in [-0.25, -0.2) is 8.42 Å². The van der Waals surface area contributed by atoms with Crippen LogP contribution in [0, 0.1) is 0 Å². The zero-order valence-corrected chi connectivity index (χ0v) is 17.8. The van der Waals surface area contributed by atoms with Crippen molar-refractivity contribution in [3.63, 3.8) is 0 Å². The molecule has 1 amide bonds. The van der Waals surface area contributed by atoms with Crippen molar-refractivity contribution in [2.45, 2.75) is 45.6 Å². The molecule has 0 spiro atoms. The first kappa shape index (κ1) is 20.6. The zero-order chi connectivity index (χ0) is 20.5. The summed E-state index contributed by atoms with van der Waals surface area (Å²) in [4.78, 5) is 19.8. The van der Waals surface area contributed by atoms with E-state index in [1.54, 1.807) is 25.9 Å². The van der Waals surface area contributed by atoms with Gasteiger partial charge in [-0.3, -0.25) is 9.78 Å². The van der Waals surface area contributed by atoms with E-state index in [4.69, 9.17) is 9.72 Å². The number of ether oxygens (including phenoxy) is 1. The number of sulfone groups is 1. The molecule has 2 aromatic rings. The first-order chi connectivity index (χ1) is 13.3. The second-order valence-electron chi connectivity index (χ2n) is 7.39. The summed E-state index contributed by atoms with van der Waals surface area (Å²) >= 11 is 0. The third-order valence-corrected chi connectivity index (χ3v) is 7.20. The fraction of sp³-hybridized carbons (Fsp3) is 0.524. The van der Waals surface area contributed by atoms with Gasteiger partial charge in [-0.1, -0.05) is 6.92 Å². The van der Waals surface area contributed by atoms with Crippen LogP contribution in [-0.4, -0.2) is 55.4 Å². The molecule has 6 nitrogen and oxygen atoms in total. The van der Waals surface area contributed by atoms with Crippen molar-refractivity contribution in [2.24, 2.45) is 0 Å². The Morgan fingerprint density at radius 3 is 2.57 bits per heavy atom. The second-order valence-corrected chi connectivity index (χ2v) is 9.79. The van der Waals surface area contributed by atoms with Crippen LogP contribution in [0.1, 0.15) is 55.6 Å². The van der Waals surface area contributed by atoms with Crippen LogP contribution >= 0.6 is 0 Å². The number of fused-ring (bicyclic) bond motifs is 1. The van der Waals surface area contributed by atoms with Crippen molar-refractivity contribution in [1.29, 1.82) is 0 Å². The number of aromatic nitrogens is 1. The van der Waals surface area contributed by atoms with Crippen LogP contribution in [0.4, 0.5) is 0 Å². The third kappa shape index (κ3) is 4.29. The van der Waals surface area contributed by atoms with Gasteiger partial charge in [0.25, 0.3) is 5.91 Å². The van der Waals surface area contributed by atoms with E-state index >= 15 is 0 Å². The summed E-state index contributed by atoms with van der Waals surface area (Å²) in [7, 11) is -1.59. The number of amides is 1. The van der Waals surface area contributed by atoms with E-state index in [1.165, 1.54) is 0 Å². The molecule has 28 heavy (non-hydrogen) atoms. The lowest BCUT2D eigenvalue weighted by Gasteiger charge is -2.28. The molecule has 1 aromatic heterocycles. The van der Waals surface area contributed by atoms with Gasteiger partial charge in [0.15, 0.2) is 9.84 Å². The predicted octanol–water partition coefficient (Wildman–Crippen LogP) is 3.41. The molecular weight excluding hydrogens is 376 g/mol. The first-order valence-electron chi connectivity index (χ1n) is 9.79. The molecule has 1 aromatic carbocycles. The van der Waals surface area contributed by atoms with E-state index in [0.717, 1.165) is 29.4 Å². The Hall–Kier alpha value is -2.15. The molecule has 0 N–H and O–H groups in total. The van der Waals surface area contributed by atoms with E-state index in [1.807, 2.05) is 31.2 Å². The molecule has 0 bridgehead atoms. The summed E-state index contributed by atoms with van der Waals surface area (Å²) in [6.07, 6.45) is 2.18. The largest absolute Gasteiger partial charge is 0.497 e. The van der Waals surface area contributed by atoms with Crippen LogP contribution in [0.5, 0.6) is 5.75 Å². The Balaban J connectivity index is 2.05. The summed E-state index contributed by atoms with van der Waals surface area (Å²) in [5.74, 6) is 0.942. The number of pyridine rings is 1. The molecule has 7 heteroatoms. The van der Waals surface area contributed by atoms with Gasteiger partial charge in [0, 0.05) is 35.3 Å². The first-order valence-corrected chi connectivity index (χ1v) is 11.6. The van der Waals surface area contributed by atoms with E-state index < -0.39 is 15.9 Å². The summed E-state index contributed by atoms with van der Waals surface area (Å²) in [5, 5.41) is 0.734. The van der Waals surface area contributed by atoms with Crippen LogP contribution in [0.3, 0.4) is 0 Å². The highest BCUT2D eigenvalue weighted by molar-refractivity contribution is 7.91. The third-order valence-electron chi connectivity index (χ3n) is 5.33. The number of benzene rings is 1. The highest BCUT2D eigenvalue weighted by Gasteiger charge is 2.30. The Bertz CT molecular complexity index is 983. The summed E-state index contributed by atoms with van der Waals surface area (Å²) in [6.45, 7) is 5.73. The monoisotopic (exact) mass is 404 g/mol. The lowest BCUT2D eigenvalue weighted by molar-refractivity contribution is 0.0721. The molecule has 3 rings (SSSR count). The number of carbonyl (C=O) groups excluding carboxylic acids is 1. The molecule has 0 radical (unpaired) electrons. The van der Waals surface area contributed by atoms with Crippen LogP contribution in [0.2, 0.25) is 0 Å². The lowest BCUT2D eigenvalue weighted by atomic mass is 10.0. The molecule has 1 atom stereocenters. The molecular formula is C21H28N2O4S. The standard InChI is InChI=1S/C21H28N2O4S/c1-5-23(14(3)13-28(25,26)6-2)21(24)18-12-20(15-7-8-15)22-19-10-9-16(27-4)11-17(18)19/h9-12,14-15H,5-8,13H2,1-4H3/t14-/m0/s1. The highest BCUT2D eigenvalue weighted by Crippen LogP contribution is 2.40. The van der Waals surface area contributed by atoms with E-state index in [-0.39, 0.29) is 17.4 Å². The van der Waals surface area contributed by atoms with Crippen LogP contribution in [0.15, 0.2) is 24.3 Å². The zero-order valence-electron chi connectivity index (χ0n) is 16.9. The summed E-state index contributed by atoms with van der Waals surface area (Å²) < 4.78 is 29.5. The molecule has 0 aliphatic heterocycles. The van der Waals surface area contributed by atoms with Crippen molar-refractivity contribution in [3.8, 4) is 5.75 Å². The maximum Gasteiger partial charge on any atom is 0.254 e. The highest BCUT2D eigenvalue weighted by atomic mass is 32.2. The van der Waals surface area contributed by atoms with Gasteiger partial charge in [-0.15, -0.1) is 0 Å². The van der Waals surface area contributed by atoms with Gasteiger partial charge < -0.3 is 9.64 Å². The van der Waals surface area contributed by atoms with Gasteiger partial charge >= 0.3 is 0 Å². The molecule has 1 aliphatic rings. The molecule has 152 valence electrons. The van der Waals surface area contributed by atoms with Gasteiger partial charge in [0.1, 0.15) is 5.75 Å². The number of carbonyl (C=O) groups is 1. The average molecular weight is 405 g/mol. The average Bonchev–Trinajstić information content (AvgIpc) is 3.52. The Kier molecular flexibility index (Phi) is 5.93. The van der Waals surface area contributed by atoms with Gasteiger partial charge in [0.2, 0.25) is 0 Å². The quantitative estimate of drug-likeness (QED) is 0.674. The van der Waals surface area contributed by atoms with Crippen molar-refractivity contribution in [1.82, 2.24) is 9.88 Å². The maximum atomic E-state index is 13.5. The number of hydrogen-bond donors (Lipinski definition) is 0. The van der Waals surface area contributed by atoms with Gasteiger partial charge in [-0.2, -0.15) is 0 Å². The molecule has 1 saturated carbocycles. The predicted molar refractivity (Wildman–Crippen MR) is 111 cm³/mol. The number of nitrogens with zero attached hydrogens (tertiary/aromatic N) is 2. The van der Waals surface area contributed by atoms with E-state index in [2.05, 4.69) is 0 Å². The minimum Gasteiger partial charge on any atom is -0.497 e. The molecule has 1 heterocycles. The Labute approximate surface area is 166 Å². The number of hydrogen-bond acceptors (Lipinski definition) is 5. The molecule has 1 aliphatic carbocycles. The van der Waals surface area contributed by atoms with Crippen LogP contribution < -0.4 is 4.74 Å². The Morgan fingerprint density at radius 1 is 1.29 bits per heavy atom. The maximum absolute atomic E-state index is 13.5. The summed E-state index contributed by atoms with van der Waals surface area (Å²) in [5.41, 5.74) is 2.26. The van der Waals surface area contributed by atoms with E-state index in [9.17, 15) is 13.2 Å². The summed E-state index contributed by atoms with van der Waals surface area (Å²) in [6, 6.07) is 7.02. The van der Waals surface area contributed by atoms with Crippen LogP contribution in [0.25, 0.3) is 10.9 Å². The minimum atomic E-state index is -3.18. The fourth-order valence-electron chi connectivity index (χ4n) is 3.50. The number of methoxy groups -OCH3 is 1. The second kappa shape index (κ2) is 8.07. The normalized spacial score (nSPS) is 15.4. The van der Waals surface area contributed by atoms with Crippen LogP contribution in [-0.2, 0) is 9.84 Å². The molecule has 1 fully saturated rings. The van der Waals surface area contributed by atoms with E-state index in [0.29, 0.717) is 23.8 Å². The van der Waals surface area contributed by atoms with Gasteiger partial charge in [-0.05, 0) is 51.0 Å². The van der Waals surface area contributed by atoms with Crippen molar-refractivity contribution in [2.75, 3.05) is 25.2 Å². The molecule has 0 unspecified atom stereocenters. The minimum absolute atomic E-state index is 0.0368. The fourth-order valence-corrected chi connectivity index (χ4v) is 4.65. The van der Waals surface area contributed by atoms with Crippen molar-refractivity contribution >= 4 is 26.6 Å². The topological polar surface area (TPSA) is 76.6 Å². The Morgan fingerprint density at radius 2 is 2.00 bits per heavy atom. The lowest BCUT2D eigenvalue weighted by Crippen LogP contribution is -2.42. The smallest absolute Gasteiger partial charge is 0.254 e. The van der Waals surface area contributed by atoms with Crippen molar-refractivity contribution in [3.05, 3.63) is 35.5 Å². The molecule has 0 saturated heterocycles. The van der Waals surface area contributed by atoms with Crippen molar-refractivity contribution < 1.29 is 17.9 Å². The van der Waals surface area contributed by atoms with Gasteiger partial charge in [0.05, 0.1) is 23.9 Å². The number of rotatable bonds is 8.